The van der Waals surface area contributed by atoms with Crippen molar-refractivity contribution < 1.29 is 0 Å². The zero-order valence-electron chi connectivity index (χ0n) is 8.77. The maximum atomic E-state index is 3.40. The molecular formula is C12H18N2. The molecule has 0 saturated carbocycles. The Kier molecular flexibility index (Phi) is 3.17. The van der Waals surface area contributed by atoms with Gasteiger partial charge in [0, 0.05) is 13.1 Å². The van der Waals surface area contributed by atoms with Gasteiger partial charge in [-0.15, -0.1) is 0 Å². The highest BCUT2D eigenvalue weighted by Crippen LogP contribution is 2.18. The Labute approximate surface area is 85.7 Å². The predicted octanol–water partition coefficient (Wildman–Crippen LogP) is 1.44. The number of benzene rings is 1. The second-order valence-electron chi connectivity index (χ2n) is 3.76. The first kappa shape index (κ1) is 9.69. The van der Waals surface area contributed by atoms with Crippen molar-refractivity contribution in [1.82, 2.24) is 10.6 Å². The topological polar surface area (TPSA) is 24.1 Å². The fourth-order valence-corrected chi connectivity index (χ4v) is 2.04. The quantitative estimate of drug-likeness (QED) is 0.753. The molecule has 0 radical (unpaired) electrons. The van der Waals surface area contributed by atoms with Gasteiger partial charge in [-0.05, 0) is 36.2 Å². The van der Waals surface area contributed by atoms with Gasteiger partial charge in [-0.1, -0.05) is 25.1 Å². The summed E-state index contributed by atoms with van der Waals surface area (Å²) in [5.74, 6) is 0. The third kappa shape index (κ3) is 1.97. The number of fused-ring (bicyclic) bond motifs is 1. The van der Waals surface area contributed by atoms with Crippen LogP contribution in [0, 0.1) is 0 Å². The van der Waals surface area contributed by atoms with E-state index in [-0.39, 0.29) is 0 Å². The molecule has 0 bridgehead atoms. The van der Waals surface area contributed by atoms with E-state index in [1.54, 1.807) is 5.56 Å². The average Bonchev–Trinajstić information content (AvgIpc) is 2.26. The van der Waals surface area contributed by atoms with Crippen molar-refractivity contribution >= 4 is 0 Å². The molecule has 14 heavy (non-hydrogen) atoms. The smallest absolute Gasteiger partial charge is 0.0208 e. The summed E-state index contributed by atoms with van der Waals surface area (Å²) in [5, 5.41) is 6.80. The molecule has 2 nitrogen and oxygen atoms in total. The van der Waals surface area contributed by atoms with Gasteiger partial charge in [-0.3, -0.25) is 0 Å². The second kappa shape index (κ2) is 4.58. The van der Waals surface area contributed by atoms with Crippen LogP contribution < -0.4 is 10.6 Å². The van der Waals surface area contributed by atoms with Gasteiger partial charge in [0.15, 0.2) is 0 Å². The molecule has 1 heterocycles. The normalized spacial score (nSPS) is 15.2. The molecular weight excluding hydrogens is 172 g/mol. The van der Waals surface area contributed by atoms with E-state index in [1.165, 1.54) is 17.5 Å². The highest BCUT2D eigenvalue weighted by atomic mass is 14.9. The summed E-state index contributed by atoms with van der Waals surface area (Å²) in [6, 6.07) is 6.64. The summed E-state index contributed by atoms with van der Waals surface area (Å²) in [6.07, 6.45) is 1.18. The van der Waals surface area contributed by atoms with Gasteiger partial charge in [0.2, 0.25) is 0 Å². The first-order valence-corrected chi connectivity index (χ1v) is 5.43. The Balaban J connectivity index is 2.21. The van der Waals surface area contributed by atoms with Crippen LogP contribution in [0.15, 0.2) is 18.2 Å². The maximum Gasteiger partial charge on any atom is 0.0208 e. The SMILES string of the molecule is CCNCc1cccc2c1CCNC2. The van der Waals surface area contributed by atoms with E-state index in [1.807, 2.05) is 0 Å². The largest absolute Gasteiger partial charge is 0.313 e. The molecule has 0 unspecified atom stereocenters. The summed E-state index contributed by atoms with van der Waals surface area (Å²) in [6.45, 7) is 6.37. The monoisotopic (exact) mass is 190 g/mol. The van der Waals surface area contributed by atoms with Crippen molar-refractivity contribution in [1.29, 1.82) is 0 Å². The minimum absolute atomic E-state index is 1.01. The van der Waals surface area contributed by atoms with Crippen LogP contribution >= 0.6 is 0 Å². The van der Waals surface area contributed by atoms with Crippen molar-refractivity contribution in [2.75, 3.05) is 13.1 Å². The average molecular weight is 190 g/mol. The van der Waals surface area contributed by atoms with Crippen LogP contribution in [-0.4, -0.2) is 13.1 Å². The summed E-state index contributed by atoms with van der Waals surface area (Å²) >= 11 is 0. The molecule has 0 atom stereocenters. The van der Waals surface area contributed by atoms with Gasteiger partial charge in [0.1, 0.15) is 0 Å². The lowest BCUT2D eigenvalue weighted by atomic mass is 9.95. The van der Waals surface area contributed by atoms with Crippen molar-refractivity contribution in [2.45, 2.75) is 26.4 Å². The van der Waals surface area contributed by atoms with Crippen molar-refractivity contribution in [3.05, 3.63) is 34.9 Å². The number of rotatable bonds is 3. The Hall–Kier alpha value is -0.860. The van der Waals surface area contributed by atoms with E-state index in [0.717, 1.165) is 26.2 Å². The highest BCUT2D eigenvalue weighted by Gasteiger charge is 2.11. The predicted molar refractivity (Wildman–Crippen MR) is 59.2 cm³/mol. The molecule has 0 aromatic heterocycles. The van der Waals surface area contributed by atoms with E-state index in [2.05, 4.69) is 35.8 Å². The van der Waals surface area contributed by atoms with Gasteiger partial charge in [0.05, 0.1) is 0 Å². The van der Waals surface area contributed by atoms with E-state index in [9.17, 15) is 0 Å². The molecule has 0 spiro atoms. The first-order chi connectivity index (χ1) is 6.92. The van der Waals surface area contributed by atoms with Crippen LogP contribution in [0.1, 0.15) is 23.6 Å². The minimum atomic E-state index is 1.01. The molecule has 1 aromatic carbocycles. The lowest BCUT2D eigenvalue weighted by Gasteiger charge is -2.20. The summed E-state index contributed by atoms with van der Waals surface area (Å²) < 4.78 is 0. The number of hydrogen-bond donors (Lipinski definition) is 2. The minimum Gasteiger partial charge on any atom is -0.313 e. The number of nitrogens with one attached hydrogen (secondary N) is 2. The second-order valence-corrected chi connectivity index (χ2v) is 3.76. The molecule has 2 heteroatoms. The molecule has 0 saturated heterocycles. The number of hydrogen-bond acceptors (Lipinski definition) is 2. The lowest BCUT2D eigenvalue weighted by molar-refractivity contribution is 0.630. The van der Waals surface area contributed by atoms with E-state index < -0.39 is 0 Å². The third-order valence-electron chi connectivity index (χ3n) is 2.80. The van der Waals surface area contributed by atoms with E-state index in [0.29, 0.717) is 0 Å². The van der Waals surface area contributed by atoms with E-state index >= 15 is 0 Å². The summed E-state index contributed by atoms with van der Waals surface area (Å²) in [7, 11) is 0. The molecule has 2 N–H and O–H groups in total. The zero-order valence-corrected chi connectivity index (χ0v) is 8.77. The molecule has 0 amide bonds. The molecule has 1 aliphatic rings. The van der Waals surface area contributed by atoms with Crippen molar-refractivity contribution in [2.24, 2.45) is 0 Å². The van der Waals surface area contributed by atoms with Crippen LogP contribution in [0.4, 0.5) is 0 Å². The molecule has 1 aromatic rings. The molecule has 1 aliphatic heterocycles. The standard InChI is InChI=1S/C12H18N2/c1-2-13-8-10-4-3-5-11-9-14-7-6-12(10)11/h3-5,13-14H,2,6-9H2,1H3. The van der Waals surface area contributed by atoms with Crippen LogP contribution in [0.2, 0.25) is 0 Å². The van der Waals surface area contributed by atoms with Crippen LogP contribution in [0.5, 0.6) is 0 Å². The zero-order chi connectivity index (χ0) is 9.80. The lowest BCUT2D eigenvalue weighted by Crippen LogP contribution is -2.25. The van der Waals surface area contributed by atoms with E-state index in [4.69, 9.17) is 0 Å². The molecule has 0 fully saturated rings. The Morgan fingerprint density at radius 2 is 2.36 bits per heavy atom. The van der Waals surface area contributed by atoms with Gasteiger partial charge in [-0.2, -0.15) is 0 Å². The van der Waals surface area contributed by atoms with Gasteiger partial charge < -0.3 is 10.6 Å². The van der Waals surface area contributed by atoms with Gasteiger partial charge in [-0.25, -0.2) is 0 Å². The van der Waals surface area contributed by atoms with Gasteiger partial charge in [0.25, 0.3) is 0 Å². The maximum absolute atomic E-state index is 3.40. The van der Waals surface area contributed by atoms with Crippen LogP contribution in [-0.2, 0) is 19.5 Å². The van der Waals surface area contributed by atoms with Crippen LogP contribution in [0.25, 0.3) is 0 Å². The Morgan fingerprint density at radius 3 is 3.21 bits per heavy atom. The van der Waals surface area contributed by atoms with Gasteiger partial charge >= 0.3 is 0 Å². The van der Waals surface area contributed by atoms with Crippen molar-refractivity contribution in [3.63, 3.8) is 0 Å². The third-order valence-corrected chi connectivity index (χ3v) is 2.80. The highest BCUT2D eigenvalue weighted by molar-refractivity contribution is 5.36. The summed E-state index contributed by atoms with van der Waals surface area (Å²) in [4.78, 5) is 0. The molecule has 0 aliphatic carbocycles. The van der Waals surface area contributed by atoms with Crippen LogP contribution in [0.3, 0.4) is 0 Å². The molecule has 76 valence electrons. The first-order valence-electron chi connectivity index (χ1n) is 5.43. The Morgan fingerprint density at radius 1 is 1.43 bits per heavy atom. The fraction of sp³-hybridized carbons (Fsp3) is 0.500. The fourth-order valence-electron chi connectivity index (χ4n) is 2.04. The van der Waals surface area contributed by atoms with Crippen molar-refractivity contribution in [3.8, 4) is 0 Å². The molecule has 2 rings (SSSR count). The Bertz CT molecular complexity index is 307. The summed E-state index contributed by atoms with van der Waals surface area (Å²) in [5.41, 5.74) is 4.52.